The number of carboxylic acids is 1. The zero-order valence-corrected chi connectivity index (χ0v) is 9.80. The third kappa shape index (κ3) is 1.61. The number of ether oxygens (including phenoxy) is 1. The van der Waals surface area contributed by atoms with Gasteiger partial charge in [-0.2, -0.15) is 0 Å². The van der Waals surface area contributed by atoms with Crippen LogP contribution in [0, 0.1) is 23.7 Å². The Hall–Kier alpha value is -1.51. The molecule has 0 aromatic rings. The molecule has 17 heavy (non-hydrogen) atoms. The van der Waals surface area contributed by atoms with Crippen molar-refractivity contribution in [2.24, 2.45) is 23.7 Å². The van der Waals surface area contributed by atoms with Crippen LogP contribution < -0.4 is 0 Å². The summed E-state index contributed by atoms with van der Waals surface area (Å²) in [6.07, 6.45) is 9.15. The van der Waals surface area contributed by atoms with E-state index >= 15 is 0 Å². The minimum atomic E-state index is -0.935. The lowest BCUT2D eigenvalue weighted by atomic mass is 9.85. The monoisotopic (exact) mass is 232 g/mol. The van der Waals surface area contributed by atoms with E-state index in [1.165, 1.54) is 19.1 Å². The zero-order valence-electron chi connectivity index (χ0n) is 9.80. The summed E-state index contributed by atoms with van der Waals surface area (Å²) in [5.74, 6) is 3.80. The minimum absolute atomic E-state index is 0.176. The van der Waals surface area contributed by atoms with Crippen LogP contribution in [0.15, 0.2) is 36.1 Å². The van der Waals surface area contributed by atoms with Gasteiger partial charge in [0.1, 0.15) is 5.76 Å². The first-order valence-electron chi connectivity index (χ1n) is 6.03. The van der Waals surface area contributed by atoms with Crippen LogP contribution in [0.4, 0.5) is 0 Å². The second-order valence-corrected chi connectivity index (χ2v) is 5.30. The molecule has 5 atom stereocenters. The van der Waals surface area contributed by atoms with E-state index < -0.39 is 5.97 Å². The van der Waals surface area contributed by atoms with Crippen molar-refractivity contribution in [2.45, 2.75) is 19.4 Å². The lowest BCUT2D eigenvalue weighted by Crippen LogP contribution is -2.19. The molecule has 90 valence electrons. The molecule has 0 aromatic heterocycles. The van der Waals surface area contributed by atoms with Gasteiger partial charge in [0.2, 0.25) is 0 Å². The summed E-state index contributed by atoms with van der Waals surface area (Å²) in [4.78, 5) is 9.60. The van der Waals surface area contributed by atoms with E-state index in [0.29, 0.717) is 6.10 Å². The Balaban J connectivity index is 0.000000132. The molecule has 2 bridgehead atoms. The van der Waals surface area contributed by atoms with Gasteiger partial charge >= 0.3 is 5.97 Å². The summed E-state index contributed by atoms with van der Waals surface area (Å²) < 4.78 is 5.45. The van der Waals surface area contributed by atoms with E-state index in [4.69, 9.17) is 9.84 Å². The molecule has 3 heteroatoms. The maximum atomic E-state index is 9.60. The van der Waals surface area contributed by atoms with E-state index in [9.17, 15) is 4.79 Å². The van der Waals surface area contributed by atoms with E-state index in [0.717, 1.165) is 23.7 Å². The highest BCUT2D eigenvalue weighted by molar-refractivity contribution is 5.84. The molecule has 0 amide bonds. The average molecular weight is 232 g/mol. The van der Waals surface area contributed by atoms with Crippen LogP contribution in [-0.2, 0) is 9.53 Å². The molecular formula is C14H16O3. The SMILES string of the molecule is C1=CC2CC1C1C=C3OC3C21.C=C(C)C(=O)O. The van der Waals surface area contributed by atoms with E-state index in [1.54, 1.807) is 0 Å². The maximum Gasteiger partial charge on any atom is 0.330 e. The Kier molecular flexibility index (Phi) is 2.18. The smallest absolute Gasteiger partial charge is 0.330 e. The summed E-state index contributed by atoms with van der Waals surface area (Å²) in [6, 6.07) is 0. The van der Waals surface area contributed by atoms with E-state index in [1.807, 2.05) is 0 Å². The first-order chi connectivity index (χ1) is 8.08. The van der Waals surface area contributed by atoms with Crippen molar-refractivity contribution in [3.05, 3.63) is 36.1 Å². The van der Waals surface area contributed by atoms with E-state index in [-0.39, 0.29) is 5.57 Å². The normalized spacial score (nSPS) is 41.7. The van der Waals surface area contributed by atoms with Gasteiger partial charge in [-0.15, -0.1) is 0 Å². The molecule has 1 heterocycles. The number of fused-ring (bicyclic) bond motifs is 7. The summed E-state index contributed by atoms with van der Waals surface area (Å²) in [7, 11) is 0. The van der Waals surface area contributed by atoms with Crippen LogP contribution in [0.3, 0.4) is 0 Å². The molecule has 4 aliphatic rings. The Morgan fingerprint density at radius 2 is 2.12 bits per heavy atom. The molecule has 3 aliphatic carbocycles. The lowest BCUT2D eigenvalue weighted by molar-refractivity contribution is -0.132. The Morgan fingerprint density at radius 3 is 2.71 bits per heavy atom. The third-order valence-electron chi connectivity index (χ3n) is 4.14. The number of allylic oxidation sites excluding steroid dienone is 3. The number of epoxide rings is 1. The van der Waals surface area contributed by atoms with Crippen LogP contribution >= 0.6 is 0 Å². The highest BCUT2D eigenvalue weighted by Gasteiger charge is 2.59. The Morgan fingerprint density at radius 1 is 1.47 bits per heavy atom. The molecule has 0 spiro atoms. The number of hydrogen-bond donors (Lipinski definition) is 1. The van der Waals surface area contributed by atoms with Crippen LogP contribution in [0.25, 0.3) is 0 Å². The van der Waals surface area contributed by atoms with Crippen LogP contribution in [0.1, 0.15) is 13.3 Å². The van der Waals surface area contributed by atoms with Crippen molar-refractivity contribution in [1.29, 1.82) is 0 Å². The van der Waals surface area contributed by atoms with Gasteiger partial charge < -0.3 is 9.84 Å². The molecule has 1 saturated heterocycles. The van der Waals surface area contributed by atoms with Crippen molar-refractivity contribution < 1.29 is 14.6 Å². The first-order valence-corrected chi connectivity index (χ1v) is 6.03. The summed E-state index contributed by atoms with van der Waals surface area (Å²) in [5, 5.41) is 7.89. The maximum absolute atomic E-state index is 9.60. The van der Waals surface area contributed by atoms with Gasteiger partial charge in [0.25, 0.3) is 0 Å². The van der Waals surface area contributed by atoms with Gasteiger partial charge in [-0.3, -0.25) is 0 Å². The molecule has 0 aromatic carbocycles. The second-order valence-electron chi connectivity index (χ2n) is 5.30. The third-order valence-corrected chi connectivity index (χ3v) is 4.14. The topological polar surface area (TPSA) is 49.8 Å². The summed E-state index contributed by atoms with van der Waals surface area (Å²) in [6.45, 7) is 4.60. The van der Waals surface area contributed by atoms with Gasteiger partial charge in [0, 0.05) is 11.5 Å². The number of aliphatic carboxylic acids is 1. The molecule has 2 fully saturated rings. The minimum Gasteiger partial charge on any atom is -0.483 e. The fraction of sp³-hybridized carbons (Fsp3) is 0.500. The van der Waals surface area contributed by atoms with Crippen molar-refractivity contribution in [3.8, 4) is 0 Å². The second kappa shape index (κ2) is 3.49. The fourth-order valence-electron chi connectivity index (χ4n) is 3.26. The number of rotatable bonds is 1. The number of hydrogen-bond acceptors (Lipinski definition) is 2. The van der Waals surface area contributed by atoms with Gasteiger partial charge in [-0.25, -0.2) is 4.79 Å². The average Bonchev–Trinajstić information content (AvgIpc) is 2.69. The molecule has 4 rings (SSSR count). The number of carbonyl (C=O) groups is 1. The molecule has 1 N–H and O–H groups in total. The van der Waals surface area contributed by atoms with Gasteiger partial charge in [0.15, 0.2) is 6.10 Å². The molecule has 5 unspecified atom stereocenters. The molecular weight excluding hydrogens is 216 g/mol. The standard InChI is InChI=1S/C10H10O.C4H6O2/c1-2-6-3-5(1)7-4-8-10(11-8)9(6)7;1-3(2)4(5)6/h1-2,4-7,9-10H,3H2;1H2,2H3,(H,5,6). The predicted octanol–water partition coefficient (Wildman–Crippen LogP) is 2.37. The van der Waals surface area contributed by atoms with Crippen molar-refractivity contribution >= 4 is 5.97 Å². The Bertz CT molecular complexity index is 434. The Labute approximate surface area is 100 Å². The highest BCUT2D eigenvalue weighted by atomic mass is 16.6. The highest BCUT2D eigenvalue weighted by Crippen LogP contribution is 2.60. The predicted molar refractivity (Wildman–Crippen MR) is 63.1 cm³/mol. The van der Waals surface area contributed by atoms with Crippen molar-refractivity contribution in [2.75, 3.05) is 0 Å². The van der Waals surface area contributed by atoms with Crippen LogP contribution in [0.2, 0.25) is 0 Å². The first kappa shape index (κ1) is 10.6. The summed E-state index contributed by atoms with van der Waals surface area (Å²) in [5.41, 5.74) is 0.176. The zero-order chi connectivity index (χ0) is 12.2. The molecule has 3 nitrogen and oxygen atoms in total. The van der Waals surface area contributed by atoms with Gasteiger partial charge in [-0.05, 0) is 37.2 Å². The largest absolute Gasteiger partial charge is 0.483 e. The quantitative estimate of drug-likeness (QED) is 0.429. The van der Waals surface area contributed by atoms with Crippen molar-refractivity contribution in [1.82, 2.24) is 0 Å². The molecule has 0 radical (unpaired) electrons. The van der Waals surface area contributed by atoms with Crippen LogP contribution in [-0.4, -0.2) is 17.2 Å². The molecule has 1 aliphatic heterocycles. The fourth-order valence-corrected chi connectivity index (χ4v) is 3.26. The summed E-state index contributed by atoms with van der Waals surface area (Å²) >= 11 is 0. The number of carboxylic acid groups (broad SMARTS) is 1. The van der Waals surface area contributed by atoms with Crippen LogP contribution in [0.5, 0.6) is 0 Å². The van der Waals surface area contributed by atoms with E-state index in [2.05, 4.69) is 24.8 Å². The lowest BCUT2D eigenvalue weighted by Gasteiger charge is -2.19. The van der Waals surface area contributed by atoms with Crippen molar-refractivity contribution in [3.63, 3.8) is 0 Å². The van der Waals surface area contributed by atoms with Gasteiger partial charge in [0.05, 0.1) is 0 Å². The molecule has 1 saturated carbocycles. The van der Waals surface area contributed by atoms with Gasteiger partial charge in [-0.1, -0.05) is 18.7 Å².